The van der Waals surface area contributed by atoms with E-state index >= 15 is 0 Å². The summed E-state index contributed by atoms with van der Waals surface area (Å²) < 4.78 is 3.14. The number of hydrogen-bond donors (Lipinski definition) is 1. The Morgan fingerprint density at radius 1 is 1.31 bits per heavy atom. The van der Waals surface area contributed by atoms with E-state index in [2.05, 4.69) is 44.2 Å². The molecule has 1 N–H and O–H groups in total. The predicted molar refractivity (Wildman–Crippen MR) is 70.0 cm³/mol. The minimum atomic E-state index is 0.435. The molecule has 1 aromatic heterocycles. The van der Waals surface area contributed by atoms with Gasteiger partial charge in [-0.1, -0.05) is 34.6 Å². The first-order valence-electron chi connectivity index (χ1n) is 6.09. The van der Waals surface area contributed by atoms with E-state index in [1.165, 1.54) is 5.69 Å². The van der Waals surface area contributed by atoms with Crippen molar-refractivity contribution in [3.05, 3.63) is 16.7 Å². The molecule has 1 saturated carbocycles. The van der Waals surface area contributed by atoms with Gasteiger partial charge in [0.2, 0.25) is 0 Å². The molecule has 2 nitrogen and oxygen atoms in total. The van der Waals surface area contributed by atoms with Gasteiger partial charge >= 0.3 is 0 Å². The van der Waals surface area contributed by atoms with E-state index in [0.29, 0.717) is 10.8 Å². The van der Waals surface area contributed by atoms with Crippen LogP contribution in [0.2, 0.25) is 0 Å². The summed E-state index contributed by atoms with van der Waals surface area (Å²) in [6, 6.07) is 0. The average Bonchev–Trinajstić information content (AvgIpc) is 2.48. The highest BCUT2D eigenvalue weighted by molar-refractivity contribution is 7.71. The first-order valence-corrected chi connectivity index (χ1v) is 6.50. The lowest BCUT2D eigenvalue weighted by molar-refractivity contribution is 0.457. The van der Waals surface area contributed by atoms with Crippen LogP contribution in [-0.2, 0) is 13.0 Å². The molecule has 1 fully saturated rings. The second-order valence-electron chi connectivity index (χ2n) is 6.05. The van der Waals surface area contributed by atoms with E-state index < -0.39 is 0 Å². The molecule has 0 radical (unpaired) electrons. The highest BCUT2D eigenvalue weighted by atomic mass is 32.1. The van der Waals surface area contributed by atoms with Crippen molar-refractivity contribution in [2.24, 2.45) is 16.7 Å². The first-order chi connectivity index (χ1) is 7.32. The van der Waals surface area contributed by atoms with Gasteiger partial charge in [-0.2, -0.15) is 0 Å². The third kappa shape index (κ3) is 1.48. The van der Waals surface area contributed by atoms with E-state index in [1.54, 1.807) is 0 Å². The smallest absolute Gasteiger partial charge is 0.177 e. The Bertz CT molecular complexity index is 437. The monoisotopic (exact) mass is 238 g/mol. The molecular weight excluding hydrogens is 216 g/mol. The van der Waals surface area contributed by atoms with Gasteiger partial charge in [0.1, 0.15) is 0 Å². The Labute approximate surface area is 103 Å². The maximum atomic E-state index is 5.34. The lowest BCUT2D eigenvalue weighted by Crippen LogP contribution is -2.07. The predicted octanol–water partition coefficient (Wildman–Crippen LogP) is 3.79. The van der Waals surface area contributed by atoms with Gasteiger partial charge in [-0.05, 0) is 35.4 Å². The molecule has 1 aliphatic rings. The quantitative estimate of drug-likeness (QED) is 0.795. The molecule has 0 amide bonds. The maximum Gasteiger partial charge on any atom is 0.177 e. The van der Waals surface area contributed by atoms with Gasteiger partial charge in [0, 0.05) is 18.4 Å². The summed E-state index contributed by atoms with van der Waals surface area (Å²) in [4.78, 5) is 3.15. The van der Waals surface area contributed by atoms with E-state index in [9.17, 15) is 0 Å². The normalized spacial score (nSPS) is 22.3. The average molecular weight is 238 g/mol. The molecule has 1 aromatic rings. The van der Waals surface area contributed by atoms with Crippen molar-refractivity contribution in [1.29, 1.82) is 0 Å². The molecule has 0 bridgehead atoms. The highest BCUT2D eigenvalue weighted by Gasteiger charge is 2.64. The van der Waals surface area contributed by atoms with E-state index in [1.807, 2.05) is 6.20 Å². The Morgan fingerprint density at radius 2 is 1.88 bits per heavy atom. The van der Waals surface area contributed by atoms with Crippen molar-refractivity contribution >= 4 is 12.2 Å². The summed E-state index contributed by atoms with van der Waals surface area (Å²) in [6.07, 6.45) is 3.09. The van der Waals surface area contributed by atoms with Crippen LogP contribution < -0.4 is 0 Å². The largest absolute Gasteiger partial charge is 0.337 e. The topological polar surface area (TPSA) is 20.7 Å². The molecule has 0 atom stereocenters. The van der Waals surface area contributed by atoms with Gasteiger partial charge < -0.3 is 9.55 Å². The van der Waals surface area contributed by atoms with Crippen molar-refractivity contribution < 1.29 is 0 Å². The van der Waals surface area contributed by atoms with Crippen LogP contribution in [0.1, 0.15) is 40.3 Å². The summed E-state index contributed by atoms with van der Waals surface area (Å²) in [5.74, 6) is 0.729. The van der Waals surface area contributed by atoms with Crippen LogP contribution in [0.15, 0.2) is 6.20 Å². The summed E-state index contributed by atoms with van der Waals surface area (Å²) in [7, 11) is 0. The third-order valence-corrected chi connectivity index (χ3v) is 5.34. The zero-order chi connectivity index (χ0) is 12.1. The van der Waals surface area contributed by atoms with Gasteiger partial charge in [-0.15, -0.1) is 0 Å². The maximum absolute atomic E-state index is 5.34. The lowest BCUT2D eigenvalue weighted by atomic mass is 10.0. The summed E-state index contributed by atoms with van der Waals surface area (Å²) in [5.41, 5.74) is 2.19. The molecule has 3 heteroatoms. The molecular formula is C13H22N2S. The van der Waals surface area contributed by atoms with Crippen molar-refractivity contribution in [2.75, 3.05) is 0 Å². The zero-order valence-electron chi connectivity index (χ0n) is 10.9. The number of aromatic amines is 1. The fourth-order valence-electron chi connectivity index (χ4n) is 2.90. The molecule has 1 heterocycles. The van der Waals surface area contributed by atoms with Crippen LogP contribution in [0.5, 0.6) is 0 Å². The van der Waals surface area contributed by atoms with Crippen molar-refractivity contribution in [3.63, 3.8) is 0 Å². The molecule has 0 unspecified atom stereocenters. The fourth-order valence-corrected chi connectivity index (χ4v) is 3.15. The summed E-state index contributed by atoms with van der Waals surface area (Å²) in [5, 5.41) is 0. The van der Waals surface area contributed by atoms with Crippen LogP contribution in [0.3, 0.4) is 0 Å². The summed E-state index contributed by atoms with van der Waals surface area (Å²) >= 11 is 5.34. The van der Waals surface area contributed by atoms with Gasteiger partial charge in [0.05, 0.1) is 0 Å². The van der Waals surface area contributed by atoms with Gasteiger partial charge in [-0.25, -0.2) is 0 Å². The number of nitrogens with zero attached hydrogens (tertiary/aromatic N) is 1. The number of rotatable bonds is 3. The molecule has 16 heavy (non-hydrogen) atoms. The molecule has 0 aliphatic heterocycles. The fraction of sp³-hybridized carbons (Fsp3) is 0.769. The minimum Gasteiger partial charge on any atom is -0.337 e. The molecule has 0 saturated heterocycles. The minimum absolute atomic E-state index is 0.435. The number of aryl methyl sites for hydroxylation is 1. The second-order valence-corrected chi connectivity index (χ2v) is 6.43. The third-order valence-electron chi connectivity index (χ3n) is 5.00. The van der Waals surface area contributed by atoms with Crippen LogP contribution >= 0.6 is 12.2 Å². The molecule has 0 aromatic carbocycles. The van der Waals surface area contributed by atoms with E-state index in [0.717, 1.165) is 23.7 Å². The van der Waals surface area contributed by atoms with Crippen LogP contribution in [0, 0.1) is 21.5 Å². The van der Waals surface area contributed by atoms with E-state index in [4.69, 9.17) is 12.2 Å². The number of H-pyrrole nitrogens is 1. The van der Waals surface area contributed by atoms with Gasteiger partial charge in [0.25, 0.3) is 0 Å². The molecule has 90 valence electrons. The van der Waals surface area contributed by atoms with Crippen molar-refractivity contribution in [1.82, 2.24) is 9.55 Å². The number of hydrogen-bond acceptors (Lipinski definition) is 1. The SMILES string of the molecule is CCc1c[nH]c(=S)n1CC1C(C)(C)C1(C)C. The van der Waals surface area contributed by atoms with Crippen molar-refractivity contribution in [2.45, 2.75) is 47.6 Å². The van der Waals surface area contributed by atoms with Gasteiger partial charge in [0.15, 0.2) is 4.77 Å². The standard InChI is InChI=1S/C13H22N2S/c1-6-9-7-14-11(16)15(9)8-10-12(2,3)13(10,4)5/h7,10H,6,8H2,1-5H3,(H,14,16). The van der Waals surface area contributed by atoms with E-state index in [-0.39, 0.29) is 0 Å². The Hall–Kier alpha value is -0.570. The van der Waals surface area contributed by atoms with Crippen LogP contribution in [0.4, 0.5) is 0 Å². The Kier molecular flexibility index (Phi) is 2.57. The zero-order valence-corrected chi connectivity index (χ0v) is 11.7. The highest BCUT2D eigenvalue weighted by Crippen LogP contribution is 2.68. The van der Waals surface area contributed by atoms with Gasteiger partial charge in [-0.3, -0.25) is 0 Å². The number of aromatic nitrogens is 2. The first kappa shape index (κ1) is 11.9. The molecule has 1 aliphatic carbocycles. The second kappa shape index (κ2) is 3.46. The number of nitrogens with one attached hydrogen (secondary N) is 1. The molecule has 2 rings (SSSR count). The Morgan fingerprint density at radius 3 is 2.31 bits per heavy atom. The van der Waals surface area contributed by atoms with Crippen molar-refractivity contribution in [3.8, 4) is 0 Å². The summed E-state index contributed by atoms with van der Waals surface area (Å²) in [6.45, 7) is 12.7. The van der Waals surface area contributed by atoms with Crippen LogP contribution in [0.25, 0.3) is 0 Å². The van der Waals surface area contributed by atoms with Crippen LogP contribution in [-0.4, -0.2) is 9.55 Å². The molecule has 0 spiro atoms. The number of imidazole rings is 1. The Balaban J connectivity index is 2.24. The lowest BCUT2D eigenvalue weighted by Gasteiger charge is -2.08.